The van der Waals surface area contributed by atoms with Crippen molar-refractivity contribution in [2.45, 2.75) is 12.6 Å². The van der Waals surface area contributed by atoms with Gasteiger partial charge in [-0.25, -0.2) is 0 Å². The minimum Gasteiger partial charge on any atom is -0.171 e. The van der Waals surface area contributed by atoms with E-state index < -0.39 is 12.6 Å². The Labute approximate surface area is 97.7 Å². The van der Waals surface area contributed by atoms with Gasteiger partial charge in [-0.2, -0.15) is 13.2 Å². The van der Waals surface area contributed by atoms with Crippen LogP contribution in [0.25, 0.3) is 11.1 Å². The number of hydrogen-bond acceptors (Lipinski definition) is 0. The van der Waals surface area contributed by atoms with E-state index in [-0.39, 0.29) is 5.56 Å². The minimum atomic E-state index is -4.20. The lowest BCUT2D eigenvalue weighted by molar-refractivity contribution is -0.127. The molecule has 0 atom stereocenters. The van der Waals surface area contributed by atoms with Crippen LogP contribution in [0.1, 0.15) is 5.56 Å². The van der Waals surface area contributed by atoms with E-state index in [4.69, 9.17) is 0 Å². The highest BCUT2D eigenvalue weighted by atomic mass is 19.4. The summed E-state index contributed by atoms with van der Waals surface area (Å²) in [7, 11) is 0. The van der Waals surface area contributed by atoms with Gasteiger partial charge in [-0.15, -0.1) is 0 Å². The summed E-state index contributed by atoms with van der Waals surface area (Å²) in [6, 6.07) is 16.4. The highest BCUT2D eigenvalue weighted by Crippen LogP contribution is 2.29. The molecule has 0 N–H and O–H groups in total. The molecular weight excluding hydrogens is 225 g/mol. The number of alkyl halides is 3. The molecule has 2 aromatic rings. The lowest BCUT2D eigenvalue weighted by Crippen LogP contribution is -2.12. The molecule has 0 nitrogen and oxygen atoms in total. The molecule has 0 aliphatic rings. The average Bonchev–Trinajstić information content (AvgIpc) is 2.29. The largest absolute Gasteiger partial charge is 0.393 e. The molecule has 87 valence electrons. The predicted molar refractivity (Wildman–Crippen MR) is 60.5 cm³/mol. The molecule has 0 fully saturated rings. The van der Waals surface area contributed by atoms with Crippen LogP contribution in [0.2, 0.25) is 0 Å². The summed E-state index contributed by atoms with van der Waals surface area (Å²) in [5.74, 6) is 0. The average molecular weight is 235 g/mol. The number of benzene rings is 2. The molecule has 1 radical (unpaired) electrons. The molecule has 2 aromatic carbocycles. The van der Waals surface area contributed by atoms with E-state index in [1.165, 1.54) is 6.07 Å². The summed E-state index contributed by atoms with van der Waals surface area (Å²) < 4.78 is 37.3. The first-order valence-corrected chi connectivity index (χ1v) is 5.17. The van der Waals surface area contributed by atoms with Crippen LogP contribution in [0.3, 0.4) is 0 Å². The van der Waals surface area contributed by atoms with Crippen LogP contribution in [0.4, 0.5) is 13.2 Å². The van der Waals surface area contributed by atoms with Crippen molar-refractivity contribution in [3.63, 3.8) is 0 Å². The molecule has 0 aliphatic heterocycles. The fourth-order valence-electron chi connectivity index (χ4n) is 1.73. The fraction of sp³-hybridized carbons (Fsp3) is 0.143. The Balaban J connectivity index is 2.41. The topological polar surface area (TPSA) is 0 Å². The van der Waals surface area contributed by atoms with E-state index in [1.807, 2.05) is 18.2 Å². The number of hydrogen-bond donors (Lipinski definition) is 0. The van der Waals surface area contributed by atoms with Gasteiger partial charge in [0.15, 0.2) is 0 Å². The summed E-state index contributed by atoms with van der Waals surface area (Å²) in [6.45, 7) is 0. The normalized spacial score (nSPS) is 11.5. The lowest BCUT2D eigenvalue weighted by Gasteiger charge is -2.11. The third-order valence-electron chi connectivity index (χ3n) is 2.43. The number of rotatable bonds is 2. The molecule has 0 spiro atoms. The summed E-state index contributed by atoms with van der Waals surface area (Å²) in [5.41, 5.74) is 1.66. The van der Waals surface area contributed by atoms with Gasteiger partial charge >= 0.3 is 6.18 Å². The summed E-state index contributed by atoms with van der Waals surface area (Å²) in [4.78, 5) is 0. The van der Waals surface area contributed by atoms with Crippen molar-refractivity contribution in [1.82, 2.24) is 0 Å². The molecular formula is C14H10F3. The van der Waals surface area contributed by atoms with Crippen molar-refractivity contribution >= 4 is 0 Å². The predicted octanol–water partition coefficient (Wildman–Crippen LogP) is 4.26. The van der Waals surface area contributed by atoms with Gasteiger partial charge in [-0.3, -0.25) is 0 Å². The van der Waals surface area contributed by atoms with Gasteiger partial charge in [-0.1, -0.05) is 48.5 Å². The quantitative estimate of drug-likeness (QED) is 0.729. The van der Waals surface area contributed by atoms with Crippen LogP contribution in [-0.4, -0.2) is 6.18 Å². The van der Waals surface area contributed by atoms with Crippen LogP contribution in [0.5, 0.6) is 0 Å². The van der Waals surface area contributed by atoms with Crippen LogP contribution >= 0.6 is 0 Å². The monoisotopic (exact) mass is 235 g/mol. The SMILES string of the molecule is FC(F)(F)Cc1c[c]ccc1-c1ccccc1. The molecule has 0 aromatic heterocycles. The maximum absolute atomic E-state index is 12.4. The van der Waals surface area contributed by atoms with E-state index >= 15 is 0 Å². The van der Waals surface area contributed by atoms with Gasteiger partial charge in [0, 0.05) is 0 Å². The molecule has 0 heterocycles. The second-order valence-corrected chi connectivity index (χ2v) is 3.74. The first kappa shape index (κ1) is 11.7. The molecule has 0 unspecified atom stereocenters. The Kier molecular flexibility index (Phi) is 3.18. The van der Waals surface area contributed by atoms with E-state index in [2.05, 4.69) is 6.07 Å². The Morgan fingerprint density at radius 3 is 2.35 bits per heavy atom. The summed E-state index contributed by atoms with van der Waals surface area (Å²) >= 11 is 0. The van der Waals surface area contributed by atoms with E-state index in [1.54, 1.807) is 24.3 Å². The van der Waals surface area contributed by atoms with E-state index in [0.717, 1.165) is 5.56 Å². The molecule has 0 bridgehead atoms. The zero-order chi connectivity index (χ0) is 12.3. The van der Waals surface area contributed by atoms with Crippen molar-refractivity contribution in [2.24, 2.45) is 0 Å². The van der Waals surface area contributed by atoms with Crippen molar-refractivity contribution < 1.29 is 13.2 Å². The van der Waals surface area contributed by atoms with Gasteiger partial charge in [-0.05, 0) is 22.8 Å². The third kappa shape index (κ3) is 3.09. The molecule has 2 rings (SSSR count). The maximum Gasteiger partial charge on any atom is 0.393 e. The van der Waals surface area contributed by atoms with Gasteiger partial charge in [0.1, 0.15) is 0 Å². The zero-order valence-corrected chi connectivity index (χ0v) is 8.96. The van der Waals surface area contributed by atoms with E-state index in [0.29, 0.717) is 5.56 Å². The zero-order valence-electron chi connectivity index (χ0n) is 8.96. The van der Waals surface area contributed by atoms with Gasteiger partial charge in [0.05, 0.1) is 6.42 Å². The Morgan fingerprint density at radius 1 is 1.00 bits per heavy atom. The molecule has 0 saturated heterocycles. The summed E-state index contributed by atoms with van der Waals surface area (Å²) in [5, 5.41) is 0. The molecule has 17 heavy (non-hydrogen) atoms. The second-order valence-electron chi connectivity index (χ2n) is 3.74. The van der Waals surface area contributed by atoms with Crippen molar-refractivity contribution in [3.8, 4) is 11.1 Å². The van der Waals surface area contributed by atoms with Crippen LogP contribution in [0, 0.1) is 6.07 Å². The first-order chi connectivity index (χ1) is 8.06. The third-order valence-corrected chi connectivity index (χ3v) is 2.43. The minimum absolute atomic E-state index is 0.256. The standard InChI is InChI=1S/C14H10F3/c15-14(16,17)10-12-8-4-5-9-13(12)11-6-2-1-3-7-11/h1-3,5-9H,10H2. The highest BCUT2D eigenvalue weighted by molar-refractivity contribution is 5.67. The van der Waals surface area contributed by atoms with Crippen LogP contribution in [0.15, 0.2) is 48.5 Å². The van der Waals surface area contributed by atoms with Crippen LogP contribution < -0.4 is 0 Å². The first-order valence-electron chi connectivity index (χ1n) is 5.17. The van der Waals surface area contributed by atoms with Crippen molar-refractivity contribution in [1.29, 1.82) is 0 Å². The Hall–Kier alpha value is -1.77. The molecule has 3 heteroatoms. The lowest BCUT2D eigenvalue weighted by atomic mass is 9.98. The van der Waals surface area contributed by atoms with Crippen molar-refractivity contribution in [2.75, 3.05) is 0 Å². The fourth-order valence-corrected chi connectivity index (χ4v) is 1.73. The maximum atomic E-state index is 12.4. The van der Waals surface area contributed by atoms with E-state index in [9.17, 15) is 13.2 Å². The smallest absolute Gasteiger partial charge is 0.171 e. The molecule has 0 aliphatic carbocycles. The number of halogens is 3. The molecule has 0 saturated carbocycles. The Bertz CT molecular complexity index is 486. The van der Waals surface area contributed by atoms with Crippen molar-refractivity contribution in [3.05, 3.63) is 60.2 Å². The van der Waals surface area contributed by atoms with Crippen LogP contribution in [-0.2, 0) is 6.42 Å². The second kappa shape index (κ2) is 4.62. The highest BCUT2D eigenvalue weighted by Gasteiger charge is 2.28. The Morgan fingerprint density at radius 2 is 1.71 bits per heavy atom. The molecule has 0 amide bonds. The van der Waals surface area contributed by atoms with Gasteiger partial charge < -0.3 is 0 Å². The van der Waals surface area contributed by atoms with Gasteiger partial charge in [0.25, 0.3) is 0 Å². The van der Waals surface area contributed by atoms with Gasteiger partial charge in [0.2, 0.25) is 0 Å². The summed E-state index contributed by atoms with van der Waals surface area (Å²) in [6.07, 6.45) is -5.12.